The van der Waals surface area contributed by atoms with Crippen molar-refractivity contribution in [2.75, 3.05) is 38.2 Å². The first-order valence-electron chi connectivity index (χ1n) is 10.5. The molecule has 0 atom stereocenters. The molecule has 1 saturated heterocycles. The number of aliphatic imine (C=N–C) groups is 1. The van der Waals surface area contributed by atoms with Gasteiger partial charge in [0, 0.05) is 26.2 Å². The zero-order valence-electron chi connectivity index (χ0n) is 17.6. The maximum absolute atomic E-state index is 13.3. The monoisotopic (exact) mass is 485 g/mol. The van der Waals surface area contributed by atoms with Crippen molar-refractivity contribution in [3.8, 4) is 0 Å². The molecule has 0 bridgehead atoms. The number of benzene rings is 2. The lowest BCUT2D eigenvalue weighted by atomic mass is 10.2. The number of nitrogens with zero attached hydrogens (tertiary/aromatic N) is 4. The van der Waals surface area contributed by atoms with Gasteiger partial charge in [-0.3, -0.25) is 9.69 Å². The lowest BCUT2D eigenvalue weighted by molar-refractivity contribution is -0.113. The Balaban J connectivity index is 1.30. The van der Waals surface area contributed by atoms with Crippen LogP contribution < -0.4 is 5.32 Å². The van der Waals surface area contributed by atoms with Gasteiger partial charge >= 0.3 is 0 Å². The Morgan fingerprint density at radius 1 is 1.18 bits per heavy atom. The number of nitrogens with one attached hydrogen (secondary N) is 1. The SMILES string of the molecule is O=C1N=C(Nc2ccc(F)cc2Cl)S/C1=C\c1ccc2ncn(CCN3CCOCC3)c2c1. The maximum Gasteiger partial charge on any atom is 0.286 e. The van der Waals surface area contributed by atoms with Crippen molar-refractivity contribution in [3.63, 3.8) is 0 Å². The number of amidine groups is 1. The second kappa shape index (κ2) is 9.64. The maximum atomic E-state index is 13.3. The molecule has 0 saturated carbocycles. The summed E-state index contributed by atoms with van der Waals surface area (Å²) in [6.07, 6.45) is 3.67. The highest BCUT2D eigenvalue weighted by molar-refractivity contribution is 8.18. The number of hydrogen-bond donors (Lipinski definition) is 1. The Labute approximate surface area is 199 Å². The predicted octanol–water partition coefficient (Wildman–Crippen LogP) is 4.24. The molecule has 3 heterocycles. The van der Waals surface area contributed by atoms with Crippen molar-refractivity contribution in [2.24, 2.45) is 4.99 Å². The third-order valence-electron chi connectivity index (χ3n) is 5.50. The van der Waals surface area contributed by atoms with Crippen LogP contribution in [-0.4, -0.2) is 58.4 Å². The zero-order chi connectivity index (χ0) is 22.8. The molecule has 1 N–H and O–H groups in total. The van der Waals surface area contributed by atoms with E-state index in [1.54, 1.807) is 0 Å². The number of thioether (sulfide) groups is 1. The fourth-order valence-corrected chi connectivity index (χ4v) is 4.78. The molecular weight excluding hydrogens is 465 g/mol. The van der Waals surface area contributed by atoms with E-state index in [0.717, 1.165) is 56.0 Å². The molecule has 1 amide bonds. The summed E-state index contributed by atoms with van der Waals surface area (Å²) in [5.41, 5.74) is 3.31. The van der Waals surface area contributed by atoms with Gasteiger partial charge in [0.25, 0.3) is 5.91 Å². The highest BCUT2D eigenvalue weighted by atomic mass is 35.5. The van der Waals surface area contributed by atoms with Gasteiger partial charge in [-0.25, -0.2) is 9.37 Å². The third kappa shape index (κ3) is 5.11. The predicted molar refractivity (Wildman–Crippen MR) is 130 cm³/mol. The van der Waals surface area contributed by atoms with Crippen LogP contribution in [0.3, 0.4) is 0 Å². The molecule has 0 radical (unpaired) electrons. The lowest BCUT2D eigenvalue weighted by Crippen LogP contribution is -2.38. The molecule has 1 fully saturated rings. The molecule has 0 spiro atoms. The number of anilines is 1. The number of carbonyl (C=O) groups is 1. The van der Waals surface area contributed by atoms with Crippen LogP contribution in [0.4, 0.5) is 10.1 Å². The molecule has 0 unspecified atom stereocenters. The number of imidazole rings is 1. The second-order valence-electron chi connectivity index (χ2n) is 7.72. The van der Waals surface area contributed by atoms with Crippen molar-refractivity contribution in [1.82, 2.24) is 14.5 Å². The fourth-order valence-electron chi connectivity index (χ4n) is 3.74. The van der Waals surface area contributed by atoms with Crippen LogP contribution in [0.2, 0.25) is 5.02 Å². The van der Waals surface area contributed by atoms with E-state index in [2.05, 4.69) is 24.8 Å². The minimum absolute atomic E-state index is 0.221. The number of halogens is 2. The molecule has 170 valence electrons. The number of carbonyl (C=O) groups excluding carboxylic acids is 1. The number of ether oxygens (including phenoxy) is 1. The minimum atomic E-state index is -0.428. The Morgan fingerprint density at radius 3 is 2.85 bits per heavy atom. The topological polar surface area (TPSA) is 71.8 Å². The molecular formula is C23H21ClFN5O2S. The number of morpholine rings is 1. The number of amides is 1. The summed E-state index contributed by atoms with van der Waals surface area (Å²) in [7, 11) is 0. The summed E-state index contributed by atoms with van der Waals surface area (Å²) in [5.74, 6) is -0.760. The summed E-state index contributed by atoms with van der Waals surface area (Å²) in [6, 6.07) is 9.94. The van der Waals surface area contributed by atoms with Gasteiger partial charge in [0.1, 0.15) is 5.82 Å². The summed E-state index contributed by atoms with van der Waals surface area (Å²) >= 11 is 7.28. The van der Waals surface area contributed by atoms with Crippen LogP contribution in [0, 0.1) is 5.82 Å². The van der Waals surface area contributed by atoms with E-state index in [4.69, 9.17) is 16.3 Å². The fraction of sp³-hybridized carbons (Fsp3) is 0.261. The van der Waals surface area contributed by atoms with E-state index in [-0.39, 0.29) is 10.9 Å². The van der Waals surface area contributed by atoms with Crippen molar-refractivity contribution in [2.45, 2.75) is 6.54 Å². The van der Waals surface area contributed by atoms with Crippen LogP contribution in [0.1, 0.15) is 5.56 Å². The summed E-state index contributed by atoms with van der Waals surface area (Å²) in [5, 5.41) is 3.61. The molecule has 5 rings (SSSR count). The van der Waals surface area contributed by atoms with Crippen molar-refractivity contribution in [3.05, 3.63) is 64.0 Å². The Hall–Kier alpha value is -2.72. The van der Waals surface area contributed by atoms with Gasteiger partial charge in [-0.1, -0.05) is 17.7 Å². The van der Waals surface area contributed by atoms with Crippen LogP contribution >= 0.6 is 23.4 Å². The third-order valence-corrected chi connectivity index (χ3v) is 6.71. The van der Waals surface area contributed by atoms with Crippen LogP contribution in [0.15, 0.2) is 52.6 Å². The Kier molecular flexibility index (Phi) is 6.45. The van der Waals surface area contributed by atoms with E-state index in [9.17, 15) is 9.18 Å². The van der Waals surface area contributed by atoms with Crippen LogP contribution in [0.25, 0.3) is 17.1 Å². The largest absolute Gasteiger partial charge is 0.379 e. The molecule has 3 aromatic rings. The van der Waals surface area contributed by atoms with Gasteiger partial charge in [-0.2, -0.15) is 4.99 Å². The Morgan fingerprint density at radius 2 is 2.03 bits per heavy atom. The van der Waals surface area contributed by atoms with E-state index >= 15 is 0 Å². The normalized spacial score (nSPS) is 18.3. The molecule has 2 aliphatic heterocycles. The van der Waals surface area contributed by atoms with Crippen molar-refractivity contribution in [1.29, 1.82) is 0 Å². The second-order valence-corrected chi connectivity index (χ2v) is 9.16. The van der Waals surface area contributed by atoms with Crippen LogP contribution in [-0.2, 0) is 16.1 Å². The number of rotatable bonds is 5. The Bertz CT molecular complexity index is 1270. The first-order chi connectivity index (χ1) is 16.0. The molecule has 2 aliphatic rings. The number of hydrogen-bond acceptors (Lipinski definition) is 6. The smallest absolute Gasteiger partial charge is 0.286 e. The van der Waals surface area contributed by atoms with E-state index < -0.39 is 5.82 Å². The molecule has 2 aromatic carbocycles. The highest BCUT2D eigenvalue weighted by Gasteiger charge is 2.23. The highest BCUT2D eigenvalue weighted by Crippen LogP contribution is 2.32. The molecule has 0 aliphatic carbocycles. The van der Waals surface area contributed by atoms with E-state index in [0.29, 0.717) is 15.8 Å². The van der Waals surface area contributed by atoms with Gasteiger partial charge < -0.3 is 14.6 Å². The first kappa shape index (κ1) is 22.1. The quantitative estimate of drug-likeness (QED) is 0.545. The van der Waals surface area contributed by atoms with E-state index in [1.165, 1.54) is 30.0 Å². The van der Waals surface area contributed by atoms with Crippen LogP contribution in [0.5, 0.6) is 0 Å². The lowest BCUT2D eigenvalue weighted by Gasteiger charge is -2.26. The summed E-state index contributed by atoms with van der Waals surface area (Å²) < 4.78 is 20.8. The summed E-state index contributed by atoms with van der Waals surface area (Å²) in [6.45, 7) is 5.22. The van der Waals surface area contributed by atoms with Crippen molar-refractivity contribution < 1.29 is 13.9 Å². The standard InChI is InChI=1S/C23H21ClFN5O2S/c24-17-13-16(25)2-4-18(17)27-23-28-22(31)21(33-23)12-15-1-3-19-20(11-15)30(14-26-19)6-5-29-7-9-32-10-8-29/h1-4,11-14H,5-10H2,(H,27,28,31)/b21-12-. The van der Waals surface area contributed by atoms with Crippen molar-refractivity contribution >= 4 is 57.2 Å². The van der Waals surface area contributed by atoms with Gasteiger partial charge in [0.05, 0.1) is 46.2 Å². The van der Waals surface area contributed by atoms with Gasteiger partial charge in [-0.15, -0.1) is 0 Å². The average Bonchev–Trinajstić information content (AvgIpc) is 3.37. The number of fused-ring (bicyclic) bond motifs is 1. The zero-order valence-corrected chi connectivity index (χ0v) is 19.2. The molecule has 10 heteroatoms. The average molecular weight is 486 g/mol. The molecule has 33 heavy (non-hydrogen) atoms. The number of aromatic nitrogens is 2. The molecule has 7 nitrogen and oxygen atoms in total. The first-order valence-corrected chi connectivity index (χ1v) is 11.7. The van der Waals surface area contributed by atoms with Gasteiger partial charge in [-0.05, 0) is 53.7 Å². The van der Waals surface area contributed by atoms with Gasteiger partial charge in [0.2, 0.25) is 0 Å². The molecule has 1 aromatic heterocycles. The summed E-state index contributed by atoms with van der Waals surface area (Å²) in [4.78, 5) is 23.9. The van der Waals surface area contributed by atoms with E-state index in [1.807, 2.05) is 30.6 Å². The minimum Gasteiger partial charge on any atom is -0.379 e. The van der Waals surface area contributed by atoms with Gasteiger partial charge in [0.15, 0.2) is 5.17 Å².